The minimum Gasteiger partial charge on any atom is -0.493 e. The van der Waals surface area contributed by atoms with Gasteiger partial charge in [-0.15, -0.1) is 0 Å². The molecule has 0 spiro atoms. The number of amides is 1. The first-order chi connectivity index (χ1) is 15.8. The average Bonchev–Trinajstić information content (AvgIpc) is 2.82. The van der Waals surface area contributed by atoms with Gasteiger partial charge < -0.3 is 24.1 Å². The summed E-state index contributed by atoms with van der Waals surface area (Å²) in [6.45, 7) is 4.30. The molecule has 7 heteroatoms. The van der Waals surface area contributed by atoms with E-state index >= 15 is 0 Å². The van der Waals surface area contributed by atoms with Crippen molar-refractivity contribution in [2.24, 2.45) is 13.0 Å². The molecule has 0 fully saturated rings. The maximum atomic E-state index is 13.1. The number of ether oxygens (including phenoxy) is 3. The number of aryl methyl sites for hydroxylation is 1. The van der Waals surface area contributed by atoms with Gasteiger partial charge in [-0.3, -0.25) is 9.59 Å². The van der Waals surface area contributed by atoms with E-state index in [1.54, 1.807) is 32.0 Å². The predicted molar refractivity (Wildman–Crippen MR) is 127 cm³/mol. The number of nitrogens with zero attached hydrogens (tertiary/aromatic N) is 1. The number of hydrogen-bond acceptors (Lipinski definition) is 5. The van der Waals surface area contributed by atoms with Crippen LogP contribution in [0.4, 0.5) is 0 Å². The molecule has 1 heterocycles. The summed E-state index contributed by atoms with van der Waals surface area (Å²) in [7, 11) is 4.86. The highest BCUT2D eigenvalue weighted by molar-refractivity contribution is 5.93. The second-order valence-corrected chi connectivity index (χ2v) is 8.08. The van der Waals surface area contributed by atoms with Crippen molar-refractivity contribution in [2.45, 2.75) is 26.5 Å². The highest BCUT2D eigenvalue weighted by Crippen LogP contribution is 2.32. The van der Waals surface area contributed by atoms with Crippen LogP contribution in [0.15, 0.2) is 65.6 Å². The number of hydrogen-bond donors (Lipinski definition) is 1. The minimum absolute atomic E-state index is 0.0950. The van der Waals surface area contributed by atoms with Crippen LogP contribution in [0.1, 0.15) is 41.5 Å². The Hall–Kier alpha value is -3.74. The molecule has 0 aliphatic carbocycles. The third kappa shape index (κ3) is 5.74. The number of carbonyl (C=O) groups excluding carboxylic acids is 1. The van der Waals surface area contributed by atoms with Gasteiger partial charge in [0.2, 0.25) is 5.43 Å². The zero-order valence-electron chi connectivity index (χ0n) is 19.6. The molecule has 1 amide bonds. The van der Waals surface area contributed by atoms with E-state index < -0.39 is 0 Å². The van der Waals surface area contributed by atoms with Gasteiger partial charge in [-0.05, 0) is 29.2 Å². The van der Waals surface area contributed by atoms with Gasteiger partial charge in [-0.2, -0.15) is 0 Å². The highest BCUT2D eigenvalue weighted by Gasteiger charge is 2.22. The smallest absolute Gasteiger partial charge is 0.268 e. The molecular weight excluding hydrogens is 420 g/mol. The van der Waals surface area contributed by atoms with Gasteiger partial charge >= 0.3 is 0 Å². The summed E-state index contributed by atoms with van der Waals surface area (Å²) in [5.41, 5.74) is 1.74. The lowest BCUT2D eigenvalue weighted by Gasteiger charge is -2.24. The summed E-state index contributed by atoms with van der Waals surface area (Å²) in [5.74, 6) is 1.14. The van der Waals surface area contributed by atoms with Crippen LogP contribution in [0.5, 0.6) is 17.2 Å². The van der Waals surface area contributed by atoms with Gasteiger partial charge in [0.05, 0.1) is 26.5 Å². The molecule has 1 aromatic heterocycles. The summed E-state index contributed by atoms with van der Waals surface area (Å²) < 4.78 is 18.0. The summed E-state index contributed by atoms with van der Waals surface area (Å²) in [4.78, 5) is 25.7. The molecule has 7 nitrogen and oxygen atoms in total. The Morgan fingerprint density at radius 1 is 0.970 bits per heavy atom. The third-order valence-corrected chi connectivity index (χ3v) is 5.39. The van der Waals surface area contributed by atoms with Gasteiger partial charge in [0.15, 0.2) is 17.2 Å². The Balaban J connectivity index is 1.80. The number of carbonyl (C=O) groups is 1. The fraction of sp³-hybridized carbons (Fsp3) is 0.308. The molecular formula is C26H30N2O5. The molecule has 0 saturated heterocycles. The molecule has 0 aliphatic rings. The Morgan fingerprint density at radius 2 is 1.67 bits per heavy atom. The summed E-state index contributed by atoms with van der Waals surface area (Å²) >= 11 is 0. The van der Waals surface area contributed by atoms with Crippen molar-refractivity contribution < 1.29 is 19.0 Å². The number of benzene rings is 2. The lowest BCUT2D eigenvalue weighted by atomic mass is 9.95. The van der Waals surface area contributed by atoms with Gasteiger partial charge in [-0.25, -0.2) is 0 Å². The van der Waals surface area contributed by atoms with E-state index in [0.717, 1.165) is 11.1 Å². The molecule has 1 atom stereocenters. The molecule has 0 bridgehead atoms. The molecule has 33 heavy (non-hydrogen) atoms. The fourth-order valence-corrected chi connectivity index (χ4v) is 3.57. The number of aromatic nitrogens is 1. The highest BCUT2D eigenvalue weighted by atomic mass is 16.5. The normalized spacial score (nSPS) is 11.7. The SMILES string of the molecule is COc1ccc(C(NC(=O)c2cc(=O)c(OCc3ccccc3)cn2C)C(C)C)cc1OC. The van der Waals surface area contributed by atoms with Crippen LogP contribution in [0.2, 0.25) is 0 Å². The lowest BCUT2D eigenvalue weighted by molar-refractivity contribution is 0.0916. The topological polar surface area (TPSA) is 78.8 Å². The predicted octanol–water partition coefficient (Wildman–Crippen LogP) is 4.11. The summed E-state index contributed by atoms with van der Waals surface area (Å²) in [6.07, 6.45) is 1.54. The van der Waals surface area contributed by atoms with Crippen molar-refractivity contribution in [1.29, 1.82) is 0 Å². The Kier molecular flexibility index (Phi) is 7.77. The first-order valence-corrected chi connectivity index (χ1v) is 10.7. The largest absolute Gasteiger partial charge is 0.493 e. The zero-order valence-corrected chi connectivity index (χ0v) is 19.6. The molecule has 0 saturated carbocycles. The van der Waals surface area contributed by atoms with Gasteiger partial charge in [0, 0.05) is 13.1 Å². The Bertz CT molecular complexity index is 1160. The average molecular weight is 451 g/mol. The molecule has 174 valence electrons. The monoisotopic (exact) mass is 450 g/mol. The van der Waals surface area contributed by atoms with Crippen LogP contribution >= 0.6 is 0 Å². The van der Waals surface area contributed by atoms with Crippen LogP contribution in [0.25, 0.3) is 0 Å². The van der Waals surface area contributed by atoms with E-state index in [4.69, 9.17) is 14.2 Å². The van der Waals surface area contributed by atoms with Gasteiger partial charge in [-0.1, -0.05) is 50.2 Å². The fourth-order valence-electron chi connectivity index (χ4n) is 3.57. The number of methoxy groups -OCH3 is 2. The molecule has 0 aliphatic heterocycles. The molecule has 1 N–H and O–H groups in total. The first-order valence-electron chi connectivity index (χ1n) is 10.7. The second-order valence-electron chi connectivity index (χ2n) is 8.08. The van der Waals surface area contributed by atoms with Crippen molar-refractivity contribution in [1.82, 2.24) is 9.88 Å². The van der Waals surface area contributed by atoms with Crippen LogP contribution < -0.4 is 25.0 Å². The summed E-state index contributed by atoms with van der Waals surface area (Å²) in [5, 5.41) is 3.05. The number of nitrogens with one attached hydrogen (secondary N) is 1. The van der Waals surface area contributed by atoms with E-state index in [0.29, 0.717) is 11.5 Å². The summed E-state index contributed by atoms with van der Waals surface area (Å²) in [6, 6.07) is 16.2. The maximum Gasteiger partial charge on any atom is 0.268 e. The van der Waals surface area contributed by atoms with E-state index in [-0.39, 0.29) is 41.3 Å². The van der Waals surface area contributed by atoms with Crippen molar-refractivity contribution in [3.8, 4) is 17.2 Å². The van der Waals surface area contributed by atoms with Gasteiger partial charge in [0.25, 0.3) is 5.91 Å². The zero-order chi connectivity index (χ0) is 24.0. The minimum atomic E-state index is -0.349. The quantitative estimate of drug-likeness (QED) is 0.531. The molecule has 0 radical (unpaired) electrons. The third-order valence-electron chi connectivity index (χ3n) is 5.39. The second kappa shape index (κ2) is 10.7. The van der Waals surface area contributed by atoms with Crippen LogP contribution in [-0.2, 0) is 13.7 Å². The van der Waals surface area contributed by atoms with Crippen LogP contribution in [0.3, 0.4) is 0 Å². The molecule has 1 unspecified atom stereocenters. The number of pyridine rings is 1. The van der Waals surface area contributed by atoms with E-state index in [1.165, 1.54) is 6.07 Å². The molecule has 3 rings (SSSR count). The number of rotatable bonds is 9. The van der Waals surface area contributed by atoms with Crippen LogP contribution in [0, 0.1) is 5.92 Å². The van der Waals surface area contributed by atoms with Crippen molar-refractivity contribution in [3.05, 3.63) is 87.8 Å². The van der Waals surface area contributed by atoms with E-state index in [1.807, 2.05) is 62.4 Å². The molecule has 2 aromatic carbocycles. The van der Waals surface area contributed by atoms with E-state index in [2.05, 4.69) is 5.32 Å². The van der Waals surface area contributed by atoms with Crippen LogP contribution in [-0.4, -0.2) is 24.7 Å². The maximum absolute atomic E-state index is 13.1. The Morgan fingerprint density at radius 3 is 2.30 bits per heavy atom. The Labute approximate surface area is 193 Å². The lowest BCUT2D eigenvalue weighted by Crippen LogP contribution is -2.34. The molecule has 3 aromatic rings. The van der Waals surface area contributed by atoms with Crippen molar-refractivity contribution in [3.63, 3.8) is 0 Å². The standard InChI is InChI=1S/C26H30N2O5/c1-17(2)25(19-11-12-22(31-4)23(13-19)32-5)27-26(30)20-14-21(29)24(15-28(20)3)33-16-18-9-7-6-8-10-18/h6-15,17,25H,16H2,1-5H3,(H,27,30). The van der Waals surface area contributed by atoms with E-state index in [9.17, 15) is 9.59 Å². The first kappa shape index (κ1) is 23.9. The van der Waals surface area contributed by atoms with Crippen molar-refractivity contribution >= 4 is 5.91 Å². The van der Waals surface area contributed by atoms with Gasteiger partial charge in [0.1, 0.15) is 12.3 Å². The van der Waals surface area contributed by atoms with Crippen molar-refractivity contribution in [2.75, 3.05) is 14.2 Å².